The normalized spacial score (nSPS) is 13.8. The molecule has 0 bridgehead atoms. The number of hydrogen-bond donors (Lipinski definition) is 1. The van der Waals surface area contributed by atoms with E-state index >= 15 is 0 Å². The molecule has 0 aliphatic heterocycles. The van der Waals surface area contributed by atoms with Crippen LogP contribution < -0.4 is 10.3 Å². The van der Waals surface area contributed by atoms with Gasteiger partial charge in [-0.25, -0.2) is 4.98 Å². The van der Waals surface area contributed by atoms with Crippen LogP contribution in [0.15, 0.2) is 29.2 Å². The first kappa shape index (κ1) is 12.4. The Kier molecular flexibility index (Phi) is 2.99. The first-order valence-corrected chi connectivity index (χ1v) is 6.41. The Morgan fingerprint density at radius 3 is 2.85 bits per heavy atom. The molecule has 0 atom stereocenters. The minimum absolute atomic E-state index is 0.0182. The molecule has 1 heterocycles. The van der Waals surface area contributed by atoms with Gasteiger partial charge >= 0.3 is 0 Å². The third-order valence-electron chi connectivity index (χ3n) is 3.45. The lowest BCUT2D eigenvalue weighted by atomic mass is 10.0. The summed E-state index contributed by atoms with van der Waals surface area (Å²) in [6.07, 6.45) is 3.55. The summed E-state index contributed by atoms with van der Waals surface area (Å²) in [5.41, 5.74) is 1.56. The van der Waals surface area contributed by atoms with Crippen LogP contribution in [0, 0.1) is 11.3 Å². The number of aromatic amines is 1. The van der Waals surface area contributed by atoms with Crippen LogP contribution in [-0.2, 0) is 0 Å². The van der Waals surface area contributed by atoms with E-state index in [0.29, 0.717) is 11.7 Å². The lowest BCUT2D eigenvalue weighted by Crippen LogP contribution is -2.12. The molecule has 5 heteroatoms. The second-order valence-electron chi connectivity index (χ2n) is 4.78. The van der Waals surface area contributed by atoms with E-state index in [-0.39, 0.29) is 5.56 Å². The quantitative estimate of drug-likeness (QED) is 0.924. The van der Waals surface area contributed by atoms with Gasteiger partial charge in [0.05, 0.1) is 13.3 Å². The summed E-state index contributed by atoms with van der Waals surface area (Å²) in [7, 11) is 1.64. The van der Waals surface area contributed by atoms with E-state index in [1.807, 2.05) is 24.3 Å². The van der Waals surface area contributed by atoms with Crippen molar-refractivity contribution in [1.29, 1.82) is 5.26 Å². The molecule has 5 nitrogen and oxygen atoms in total. The lowest BCUT2D eigenvalue weighted by Gasteiger charge is -2.12. The molecular weight excluding hydrogens is 254 g/mol. The van der Waals surface area contributed by atoms with Crippen molar-refractivity contribution in [1.82, 2.24) is 9.97 Å². The third-order valence-corrected chi connectivity index (χ3v) is 3.45. The van der Waals surface area contributed by atoms with Crippen LogP contribution >= 0.6 is 0 Å². The standard InChI is InChI=1S/C15H13N3O2/c1-20-12-4-2-3-11(13(12)9-5-6-9)14-17-8-10(7-16)15(19)18-14/h2-4,8-9H,5-6H2,1H3,(H,17,18,19). The number of nitriles is 1. The fourth-order valence-electron chi connectivity index (χ4n) is 2.33. The maximum absolute atomic E-state index is 11.7. The van der Waals surface area contributed by atoms with Crippen molar-refractivity contribution >= 4 is 0 Å². The van der Waals surface area contributed by atoms with E-state index in [1.165, 1.54) is 6.20 Å². The third kappa shape index (κ3) is 2.05. The Hall–Kier alpha value is -2.61. The van der Waals surface area contributed by atoms with Gasteiger partial charge in [-0.3, -0.25) is 4.79 Å². The van der Waals surface area contributed by atoms with Crippen LogP contribution in [0.4, 0.5) is 0 Å². The molecule has 1 saturated carbocycles. The number of benzene rings is 1. The Morgan fingerprint density at radius 2 is 2.25 bits per heavy atom. The van der Waals surface area contributed by atoms with Gasteiger partial charge in [0.2, 0.25) is 0 Å². The molecule has 1 fully saturated rings. The zero-order chi connectivity index (χ0) is 14.1. The fraction of sp³-hybridized carbons (Fsp3) is 0.267. The van der Waals surface area contributed by atoms with Crippen LogP contribution in [-0.4, -0.2) is 17.1 Å². The van der Waals surface area contributed by atoms with E-state index in [9.17, 15) is 4.79 Å². The van der Waals surface area contributed by atoms with Gasteiger partial charge in [0.15, 0.2) is 0 Å². The smallest absolute Gasteiger partial charge is 0.269 e. The average Bonchev–Trinajstić information content (AvgIpc) is 3.30. The molecule has 0 saturated heterocycles. The molecule has 0 radical (unpaired) electrons. The number of aromatic nitrogens is 2. The van der Waals surface area contributed by atoms with Crippen LogP contribution in [0.5, 0.6) is 5.75 Å². The lowest BCUT2D eigenvalue weighted by molar-refractivity contribution is 0.410. The topological polar surface area (TPSA) is 78.8 Å². The molecule has 1 N–H and O–H groups in total. The van der Waals surface area contributed by atoms with E-state index in [0.717, 1.165) is 29.7 Å². The van der Waals surface area contributed by atoms with E-state index < -0.39 is 5.56 Å². The van der Waals surface area contributed by atoms with E-state index in [4.69, 9.17) is 10.00 Å². The largest absolute Gasteiger partial charge is 0.496 e. The monoisotopic (exact) mass is 267 g/mol. The van der Waals surface area contributed by atoms with E-state index in [1.54, 1.807) is 7.11 Å². The van der Waals surface area contributed by atoms with Crippen molar-refractivity contribution in [3.63, 3.8) is 0 Å². The van der Waals surface area contributed by atoms with Crippen molar-refractivity contribution < 1.29 is 4.74 Å². The number of H-pyrrole nitrogens is 1. The summed E-state index contributed by atoms with van der Waals surface area (Å²) < 4.78 is 5.41. The van der Waals surface area contributed by atoms with Gasteiger partial charge in [-0.15, -0.1) is 0 Å². The SMILES string of the molecule is COc1cccc(-c2ncc(C#N)c(=O)[nH]2)c1C1CC1. The zero-order valence-electron chi connectivity index (χ0n) is 11.0. The van der Waals surface area contributed by atoms with Crippen molar-refractivity contribution in [2.45, 2.75) is 18.8 Å². The summed E-state index contributed by atoms with van der Waals surface area (Å²) in [6, 6.07) is 7.52. The molecule has 0 unspecified atom stereocenters. The minimum Gasteiger partial charge on any atom is -0.496 e. The van der Waals surface area contributed by atoms with Crippen molar-refractivity contribution in [3.8, 4) is 23.2 Å². The predicted octanol–water partition coefficient (Wildman–Crippen LogP) is 2.19. The Bertz CT molecular complexity index is 754. The maximum atomic E-state index is 11.7. The Morgan fingerprint density at radius 1 is 1.45 bits per heavy atom. The summed E-state index contributed by atoms with van der Waals surface area (Å²) in [4.78, 5) is 18.6. The molecule has 3 rings (SSSR count). The summed E-state index contributed by atoms with van der Waals surface area (Å²) in [6.45, 7) is 0. The number of rotatable bonds is 3. The Labute approximate surface area is 115 Å². The fourth-order valence-corrected chi connectivity index (χ4v) is 2.33. The van der Waals surface area contributed by atoms with Crippen LogP contribution in [0.2, 0.25) is 0 Å². The van der Waals surface area contributed by atoms with Crippen molar-refractivity contribution in [2.75, 3.05) is 7.11 Å². The van der Waals surface area contributed by atoms with E-state index in [2.05, 4.69) is 9.97 Å². The first-order valence-electron chi connectivity index (χ1n) is 6.41. The molecule has 1 aliphatic carbocycles. The summed E-state index contributed by atoms with van der Waals surface area (Å²) in [5, 5.41) is 8.78. The zero-order valence-corrected chi connectivity index (χ0v) is 11.0. The molecular formula is C15H13N3O2. The molecule has 20 heavy (non-hydrogen) atoms. The van der Waals surface area contributed by atoms with Gasteiger partial charge in [0.25, 0.3) is 5.56 Å². The number of nitrogens with zero attached hydrogens (tertiary/aromatic N) is 2. The van der Waals surface area contributed by atoms with Gasteiger partial charge in [0.1, 0.15) is 23.2 Å². The summed E-state index contributed by atoms with van der Waals surface area (Å²) in [5.74, 6) is 1.76. The predicted molar refractivity (Wildman–Crippen MR) is 73.5 cm³/mol. The second-order valence-corrected chi connectivity index (χ2v) is 4.78. The number of ether oxygens (including phenoxy) is 1. The molecule has 1 aliphatic rings. The summed E-state index contributed by atoms with van der Waals surface area (Å²) >= 11 is 0. The highest BCUT2D eigenvalue weighted by atomic mass is 16.5. The molecule has 0 amide bonds. The van der Waals surface area contributed by atoms with Crippen molar-refractivity contribution in [2.24, 2.45) is 0 Å². The van der Waals surface area contributed by atoms with Crippen LogP contribution in [0.3, 0.4) is 0 Å². The highest BCUT2D eigenvalue weighted by Gasteiger charge is 2.30. The van der Waals surface area contributed by atoms with Gasteiger partial charge < -0.3 is 9.72 Å². The molecule has 0 spiro atoms. The Balaban J connectivity index is 2.17. The molecule has 1 aromatic carbocycles. The highest BCUT2D eigenvalue weighted by molar-refractivity contribution is 5.66. The van der Waals surface area contributed by atoms with Crippen LogP contribution in [0.1, 0.15) is 29.9 Å². The molecule has 1 aromatic heterocycles. The van der Waals surface area contributed by atoms with Crippen LogP contribution in [0.25, 0.3) is 11.4 Å². The van der Waals surface area contributed by atoms with Gasteiger partial charge in [-0.05, 0) is 24.8 Å². The molecule has 100 valence electrons. The van der Waals surface area contributed by atoms with Crippen molar-refractivity contribution in [3.05, 3.63) is 45.9 Å². The highest BCUT2D eigenvalue weighted by Crippen LogP contribution is 2.47. The number of methoxy groups -OCH3 is 1. The van der Waals surface area contributed by atoms with Gasteiger partial charge in [-0.2, -0.15) is 5.26 Å². The second kappa shape index (κ2) is 4.82. The first-order chi connectivity index (χ1) is 9.74. The minimum atomic E-state index is -0.415. The number of nitrogens with one attached hydrogen (secondary N) is 1. The number of hydrogen-bond acceptors (Lipinski definition) is 4. The maximum Gasteiger partial charge on any atom is 0.269 e. The average molecular weight is 267 g/mol. The van der Waals surface area contributed by atoms with Gasteiger partial charge in [0, 0.05) is 11.1 Å². The van der Waals surface area contributed by atoms with Gasteiger partial charge in [-0.1, -0.05) is 12.1 Å². The molecule has 2 aromatic rings.